The number of hydrogen-bond donors (Lipinski definition) is 1. The molecule has 0 radical (unpaired) electrons. The molecule has 9 heteroatoms. The van der Waals surface area contributed by atoms with Crippen LogP contribution in [0.15, 0.2) is 53.4 Å². The molecule has 32 heavy (non-hydrogen) atoms. The van der Waals surface area contributed by atoms with Crippen molar-refractivity contribution in [1.82, 2.24) is 10.2 Å². The van der Waals surface area contributed by atoms with Gasteiger partial charge in [-0.1, -0.05) is 17.7 Å². The first-order chi connectivity index (χ1) is 14.8. The summed E-state index contributed by atoms with van der Waals surface area (Å²) in [6.45, 7) is 7.17. The number of likely N-dealkylation sites (N-methyl/N-ethyl adjacent to an activating group) is 1. The molecule has 0 heterocycles. The lowest BCUT2D eigenvalue weighted by Gasteiger charge is -2.23. The molecule has 2 amide bonds. The Morgan fingerprint density at radius 1 is 0.969 bits per heavy atom. The van der Waals surface area contributed by atoms with Crippen molar-refractivity contribution < 1.29 is 22.7 Å². The lowest BCUT2D eigenvalue weighted by Crippen LogP contribution is -2.47. The van der Waals surface area contributed by atoms with Crippen LogP contribution < -0.4 is 14.4 Å². The highest BCUT2D eigenvalue weighted by atomic mass is 32.2. The first kappa shape index (κ1) is 25.2. The number of ether oxygens (including phenoxy) is 1. The number of rotatable bonds is 8. The van der Waals surface area contributed by atoms with E-state index < -0.39 is 10.0 Å². The molecule has 0 saturated carbocycles. The number of nitrogens with zero attached hydrogens (tertiary/aromatic N) is 2. The van der Waals surface area contributed by atoms with E-state index in [9.17, 15) is 18.0 Å². The molecule has 0 bridgehead atoms. The third-order valence-corrected chi connectivity index (χ3v) is 6.36. The molecule has 1 N–H and O–H groups in total. The predicted molar refractivity (Wildman–Crippen MR) is 124 cm³/mol. The van der Waals surface area contributed by atoms with E-state index in [0.717, 1.165) is 5.56 Å². The van der Waals surface area contributed by atoms with E-state index >= 15 is 0 Å². The maximum atomic E-state index is 12.8. The van der Waals surface area contributed by atoms with E-state index in [1.165, 1.54) is 23.3 Å². The molecule has 0 fully saturated rings. The maximum absolute atomic E-state index is 12.8. The minimum Gasteiger partial charge on any atom is -0.484 e. The van der Waals surface area contributed by atoms with Gasteiger partial charge in [0.15, 0.2) is 6.61 Å². The summed E-state index contributed by atoms with van der Waals surface area (Å²) in [5.41, 5.74) is 1.06. The monoisotopic (exact) mass is 461 g/mol. The third kappa shape index (κ3) is 6.98. The molecule has 0 aliphatic rings. The minimum atomic E-state index is -3.69. The number of aryl methyl sites for hydroxylation is 1. The molecular formula is C23H31N3O5S. The van der Waals surface area contributed by atoms with Crippen molar-refractivity contribution in [1.29, 1.82) is 0 Å². The van der Waals surface area contributed by atoms with Gasteiger partial charge in [0, 0.05) is 19.6 Å². The van der Waals surface area contributed by atoms with Crippen LogP contribution in [0, 0.1) is 6.92 Å². The van der Waals surface area contributed by atoms with Crippen LogP contribution in [-0.4, -0.2) is 57.9 Å². The number of carbonyl (C=O) groups excluding carboxylic acids is 2. The molecule has 8 nitrogen and oxygen atoms in total. The first-order valence-corrected chi connectivity index (χ1v) is 11.6. The van der Waals surface area contributed by atoms with E-state index in [2.05, 4.69) is 5.32 Å². The zero-order valence-electron chi connectivity index (χ0n) is 19.4. The Morgan fingerprint density at radius 2 is 1.53 bits per heavy atom. The van der Waals surface area contributed by atoms with Gasteiger partial charge < -0.3 is 15.0 Å². The standard InChI is InChI=1S/C23H31N3O5S/c1-17-7-13-20(14-8-17)32(29,30)26(6)18-9-11-19(12-10-18)31-16-22(28)25(5)15-21(27)24-23(2,3)4/h7-14H,15-16H2,1-6H3,(H,24,27). The second kappa shape index (κ2) is 10.0. The van der Waals surface area contributed by atoms with Gasteiger partial charge in [0.05, 0.1) is 17.1 Å². The number of carbonyl (C=O) groups is 2. The first-order valence-electron chi connectivity index (χ1n) is 10.1. The highest BCUT2D eigenvalue weighted by Gasteiger charge is 2.21. The van der Waals surface area contributed by atoms with Gasteiger partial charge in [-0.2, -0.15) is 0 Å². The van der Waals surface area contributed by atoms with Crippen molar-refractivity contribution >= 4 is 27.5 Å². The Kier molecular flexibility index (Phi) is 7.90. The van der Waals surface area contributed by atoms with Crippen LogP contribution in [0.25, 0.3) is 0 Å². The lowest BCUT2D eigenvalue weighted by molar-refractivity contribution is -0.136. The van der Waals surface area contributed by atoms with Gasteiger partial charge in [-0.25, -0.2) is 8.42 Å². The van der Waals surface area contributed by atoms with Gasteiger partial charge >= 0.3 is 0 Å². The molecule has 2 aromatic carbocycles. The average Bonchev–Trinajstić information content (AvgIpc) is 2.70. The molecule has 0 aliphatic heterocycles. The molecule has 0 saturated heterocycles. The van der Waals surface area contributed by atoms with Gasteiger partial charge in [0.25, 0.3) is 15.9 Å². The zero-order valence-corrected chi connectivity index (χ0v) is 20.2. The van der Waals surface area contributed by atoms with Crippen molar-refractivity contribution in [3.8, 4) is 5.75 Å². The van der Waals surface area contributed by atoms with Crippen LogP contribution in [0.5, 0.6) is 5.75 Å². The van der Waals surface area contributed by atoms with Crippen molar-refractivity contribution in [2.45, 2.75) is 38.1 Å². The van der Waals surface area contributed by atoms with Gasteiger partial charge in [-0.15, -0.1) is 0 Å². The number of amides is 2. The number of sulfonamides is 1. The number of anilines is 1. The van der Waals surface area contributed by atoms with Crippen molar-refractivity contribution in [2.24, 2.45) is 0 Å². The molecule has 0 aliphatic carbocycles. The summed E-state index contributed by atoms with van der Waals surface area (Å²) in [6, 6.07) is 13.0. The van der Waals surface area contributed by atoms with Crippen molar-refractivity contribution in [2.75, 3.05) is 31.6 Å². The second-order valence-corrected chi connectivity index (χ2v) is 10.6. The fraction of sp³-hybridized carbons (Fsp3) is 0.391. The van der Waals surface area contributed by atoms with E-state index in [0.29, 0.717) is 11.4 Å². The SMILES string of the molecule is Cc1ccc(S(=O)(=O)N(C)c2ccc(OCC(=O)N(C)CC(=O)NC(C)(C)C)cc2)cc1. The summed E-state index contributed by atoms with van der Waals surface area (Å²) in [7, 11) is -0.681. The summed E-state index contributed by atoms with van der Waals surface area (Å²) >= 11 is 0. The van der Waals surface area contributed by atoms with E-state index in [4.69, 9.17) is 4.74 Å². The average molecular weight is 462 g/mol. The van der Waals surface area contributed by atoms with Gasteiger partial charge in [0.2, 0.25) is 5.91 Å². The summed E-state index contributed by atoms with van der Waals surface area (Å²) < 4.78 is 32.3. The number of nitrogens with one attached hydrogen (secondary N) is 1. The largest absolute Gasteiger partial charge is 0.484 e. The zero-order chi connectivity index (χ0) is 24.1. The smallest absolute Gasteiger partial charge is 0.264 e. The lowest BCUT2D eigenvalue weighted by atomic mass is 10.1. The predicted octanol–water partition coefficient (Wildman–Crippen LogP) is 2.57. The third-order valence-electron chi connectivity index (χ3n) is 4.56. The van der Waals surface area contributed by atoms with E-state index in [-0.39, 0.29) is 35.4 Å². The Bertz CT molecular complexity index is 1040. The summed E-state index contributed by atoms with van der Waals surface area (Å²) in [5, 5.41) is 2.79. The van der Waals surface area contributed by atoms with Crippen molar-refractivity contribution in [3.63, 3.8) is 0 Å². The van der Waals surface area contributed by atoms with Crippen LogP contribution in [-0.2, 0) is 19.6 Å². The van der Waals surface area contributed by atoms with Gasteiger partial charge in [-0.3, -0.25) is 13.9 Å². The normalized spacial score (nSPS) is 11.6. The molecule has 2 rings (SSSR count). The maximum Gasteiger partial charge on any atom is 0.264 e. The van der Waals surface area contributed by atoms with Crippen LogP contribution in [0.1, 0.15) is 26.3 Å². The quantitative estimate of drug-likeness (QED) is 0.652. The number of hydrogen-bond acceptors (Lipinski definition) is 5. The topological polar surface area (TPSA) is 96.0 Å². The Balaban J connectivity index is 1.95. The van der Waals surface area contributed by atoms with E-state index in [1.807, 2.05) is 27.7 Å². The van der Waals surface area contributed by atoms with Gasteiger partial charge in [0.1, 0.15) is 5.75 Å². The molecule has 0 unspecified atom stereocenters. The highest BCUT2D eigenvalue weighted by molar-refractivity contribution is 7.92. The summed E-state index contributed by atoms with van der Waals surface area (Å²) in [6.07, 6.45) is 0. The fourth-order valence-corrected chi connectivity index (χ4v) is 3.97. The minimum absolute atomic E-state index is 0.0694. The summed E-state index contributed by atoms with van der Waals surface area (Å²) in [4.78, 5) is 25.7. The number of benzene rings is 2. The molecular weight excluding hydrogens is 430 g/mol. The fourth-order valence-electron chi connectivity index (χ4n) is 2.78. The van der Waals surface area contributed by atoms with Crippen LogP contribution in [0.3, 0.4) is 0 Å². The molecule has 0 spiro atoms. The van der Waals surface area contributed by atoms with Crippen LogP contribution >= 0.6 is 0 Å². The van der Waals surface area contributed by atoms with Crippen LogP contribution in [0.4, 0.5) is 5.69 Å². The Morgan fingerprint density at radius 3 is 2.06 bits per heavy atom. The molecule has 0 atom stereocenters. The van der Waals surface area contributed by atoms with Crippen LogP contribution in [0.2, 0.25) is 0 Å². The Hall–Kier alpha value is -3.07. The molecule has 2 aromatic rings. The van der Waals surface area contributed by atoms with Gasteiger partial charge in [-0.05, 0) is 64.1 Å². The molecule has 174 valence electrons. The second-order valence-electron chi connectivity index (χ2n) is 8.62. The summed E-state index contributed by atoms with van der Waals surface area (Å²) in [5.74, 6) is -0.191. The van der Waals surface area contributed by atoms with E-state index in [1.54, 1.807) is 48.5 Å². The molecule has 0 aromatic heterocycles. The highest BCUT2D eigenvalue weighted by Crippen LogP contribution is 2.24. The Labute approximate surface area is 190 Å². The van der Waals surface area contributed by atoms with Crippen molar-refractivity contribution in [3.05, 3.63) is 54.1 Å².